The van der Waals surface area contributed by atoms with E-state index in [2.05, 4.69) is 10.2 Å². The van der Waals surface area contributed by atoms with Crippen molar-refractivity contribution in [1.29, 1.82) is 0 Å². The average molecular weight is 353 g/mol. The number of carbonyl (C=O) groups excluding carboxylic acids is 2. The van der Waals surface area contributed by atoms with E-state index in [-0.39, 0.29) is 17.8 Å². The second-order valence-corrected chi connectivity index (χ2v) is 6.51. The number of rotatable bonds is 6. The van der Waals surface area contributed by atoms with Crippen LogP contribution in [-0.2, 0) is 14.3 Å². The zero-order valence-corrected chi connectivity index (χ0v) is 15.1. The summed E-state index contributed by atoms with van der Waals surface area (Å²) in [5.41, 5.74) is 1.61. The molecule has 1 saturated heterocycles. The molecule has 6 heteroatoms. The summed E-state index contributed by atoms with van der Waals surface area (Å²) in [4.78, 5) is 26.2. The zero-order valence-electron chi connectivity index (χ0n) is 14.3. The highest BCUT2D eigenvalue weighted by Gasteiger charge is 2.26. The summed E-state index contributed by atoms with van der Waals surface area (Å²) >= 11 is 6.06. The van der Waals surface area contributed by atoms with Crippen LogP contribution in [0.1, 0.15) is 31.7 Å². The fourth-order valence-electron chi connectivity index (χ4n) is 2.93. The first-order valence-electron chi connectivity index (χ1n) is 8.45. The van der Waals surface area contributed by atoms with Gasteiger partial charge >= 0.3 is 5.97 Å². The van der Waals surface area contributed by atoms with Crippen molar-refractivity contribution >= 4 is 29.2 Å². The maximum Gasteiger partial charge on any atom is 0.310 e. The van der Waals surface area contributed by atoms with Gasteiger partial charge < -0.3 is 15.0 Å². The molecule has 1 amide bonds. The molecule has 24 heavy (non-hydrogen) atoms. The van der Waals surface area contributed by atoms with Gasteiger partial charge in [-0.1, -0.05) is 17.7 Å². The molecule has 1 aliphatic rings. The van der Waals surface area contributed by atoms with Crippen molar-refractivity contribution in [2.45, 2.75) is 33.1 Å². The number of amides is 1. The van der Waals surface area contributed by atoms with Gasteiger partial charge in [-0.3, -0.25) is 9.59 Å². The molecule has 1 aromatic carbocycles. The molecule has 1 heterocycles. The average Bonchev–Trinajstić information content (AvgIpc) is 2.58. The van der Waals surface area contributed by atoms with Gasteiger partial charge in [-0.2, -0.15) is 0 Å². The minimum atomic E-state index is -0.124. The topological polar surface area (TPSA) is 58.6 Å². The number of likely N-dealkylation sites (tertiary alicyclic amines) is 1. The van der Waals surface area contributed by atoms with Crippen LogP contribution < -0.4 is 5.32 Å². The third kappa shape index (κ3) is 5.21. The van der Waals surface area contributed by atoms with E-state index in [1.165, 1.54) is 0 Å². The predicted molar refractivity (Wildman–Crippen MR) is 95.2 cm³/mol. The highest BCUT2D eigenvalue weighted by atomic mass is 35.5. The lowest BCUT2D eigenvalue weighted by Crippen LogP contribution is -2.40. The highest BCUT2D eigenvalue weighted by Crippen LogP contribution is 2.23. The number of hydrogen-bond acceptors (Lipinski definition) is 4. The van der Waals surface area contributed by atoms with E-state index in [4.69, 9.17) is 16.3 Å². The Balaban J connectivity index is 1.81. The van der Waals surface area contributed by atoms with Gasteiger partial charge in [-0.25, -0.2) is 0 Å². The SMILES string of the molecule is CCOC(=O)[C@@H]1CCCN(CCC(=O)Nc2cccc(Cl)c2C)C1. The largest absolute Gasteiger partial charge is 0.466 e. The van der Waals surface area contributed by atoms with E-state index < -0.39 is 0 Å². The molecule has 132 valence electrons. The zero-order chi connectivity index (χ0) is 17.5. The summed E-state index contributed by atoms with van der Waals surface area (Å²) in [5, 5.41) is 3.54. The Morgan fingerprint density at radius 2 is 2.21 bits per heavy atom. The summed E-state index contributed by atoms with van der Waals surface area (Å²) < 4.78 is 5.10. The van der Waals surface area contributed by atoms with Crippen LogP contribution in [-0.4, -0.2) is 43.0 Å². The Morgan fingerprint density at radius 3 is 2.96 bits per heavy atom. The number of benzene rings is 1. The number of piperidine rings is 1. The molecule has 0 spiro atoms. The van der Waals surface area contributed by atoms with Crippen molar-refractivity contribution in [2.24, 2.45) is 5.92 Å². The lowest BCUT2D eigenvalue weighted by molar-refractivity contribution is -0.149. The Labute approximate surface area is 148 Å². The summed E-state index contributed by atoms with van der Waals surface area (Å²) in [6, 6.07) is 5.46. The summed E-state index contributed by atoms with van der Waals surface area (Å²) in [5.74, 6) is -0.239. The molecule has 1 N–H and O–H groups in total. The molecule has 0 radical (unpaired) electrons. The number of nitrogens with zero attached hydrogens (tertiary/aromatic N) is 1. The minimum Gasteiger partial charge on any atom is -0.466 e. The molecule has 0 bridgehead atoms. The standard InChI is InChI=1S/C18H25ClN2O3/c1-3-24-18(23)14-6-5-10-21(12-14)11-9-17(22)20-16-8-4-7-15(19)13(16)2/h4,7-8,14H,3,5-6,9-12H2,1-2H3,(H,20,22)/t14-/m1/s1. The van der Waals surface area contributed by atoms with Crippen LogP contribution in [0.25, 0.3) is 0 Å². The van der Waals surface area contributed by atoms with Crippen LogP contribution in [0.3, 0.4) is 0 Å². The van der Waals surface area contributed by atoms with Gasteiger partial charge in [0, 0.05) is 30.2 Å². The first-order chi connectivity index (χ1) is 11.5. The van der Waals surface area contributed by atoms with Gasteiger partial charge in [-0.15, -0.1) is 0 Å². The number of nitrogens with one attached hydrogen (secondary N) is 1. The molecule has 5 nitrogen and oxygen atoms in total. The number of halogens is 1. The number of anilines is 1. The molecular weight excluding hydrogens is 328 g/mol. The van der Waals surface area contributed by atoms with Crippen LogP contribution in [0, 0.1) is 12.8 Å². The Hall–Kier alpha value is -1.59. The minimum absolute atomic E-state index is 0.0429. The van der Waals surface area contributed by atoms with Crippen molar-refractivity contribution < 1.29 is 14.3 Å². The third-order valence-corrected chi connectivity index (χ3v) is 4.73. The molecule has 1 aromatic rings. The lowest BCUT2D eigenvalue weighted by atomic mass is 9.98. The first kappa shape index (κ1) is 18.7. The van der Waals surface area contributed by atoms with Gasteiger partial charge in [0.1, 0.15) is 0 Å². The second-order valence-electron chi connectivity index (χ2n) is 6.10. The van der Waals surface area contributed by atoms with Crippen LogP contribution in [0.5, 0.6) is 0 Å². The van der Waals surface area contributed by atoms with Crippen LogP contribution in [0.4, 0.5) is 5.69 Å². The van der Waals surface area contributed by atoms with Crippen molar-refractivity contribution in [3.05, 3.63) is 28.8 Å². The fourth-order valence-corrected chi connectivity index (χ4v) is 3.10. The third-order valence-electron chi connectivity index (χ3n) is 4.32. The van der Waals surface area contributed by atoms with Crippen molar-refractivity contribution in [2.75, 3.05) is 31.6 Å². The van der Waals surface area contributed by atoms with E-state index >= 15 is 0 Å². The molecule has 1 aliphatic heterocycles. The second kappa shape index (κ2) is 9.04. The van der Waals surface area contributed by atoms with Crippen LogP contribution >= 0.6 is 11.6 Å². The number of hydrogen-bond donors (Lipinski definition) is 1. The molecule has 0 aliphatic carbocycles. The summed E-state index contributed by atoms with van der Waals surface area (Å²) in [6.45, 7) is 6.34. The molecule has 0 saturated carbocycles. The number of ether oxygens (including phenoxy) is 1. The Kier molecular flexibility index (Phi) is 7.06. The van der Waals surface area contributed by atoms with Crippen LogP contribution in [0.15, 0.2) is 18.2 Å². The maximum absolute atomic E-state index is 12.2. The molecular formula is C18H25ClN2O3. The van der Waals surface area contributed by atoms with Gasteiger partial charge in [0.2, 0.25) is 5.91 Å². The van der Waals surface area contributed by atoms with Gasteiger partial charge in [-0.05, 0) is 50.9 Å². The van der Waals surface area contributed by atoms with Crippen molar-refractivity contribution in [3.8, 4) is 0 Å². The lowest BCUT2D eigenvalue weighted by Gasteiger charge is -2.31. The normalized spacial score (nSPS) is 18.2. The predicted octanol–water partition coefficient (Wildman–Crippen LogP) is 3.25. The van der Waals surface area contributed by atoms with Gasteiger partial charge in [0.05, 0.1) is 12.5 Å². The fraction of sp³-hybridized carbons (Fsp3) is 0.556. The van der Waals surface area contributed by atoms with Gasteiger partial charge in [0.25, 0.3) is 0 Å². The van der Waals surface area contributed by atoms with Crippen molar-refractivity contribution in [3.63, 3.8) is 0 Å². The molecule has 1 atom stereocenters. The Morgan fingerprint density at radius 1 is 1.42 bits per heavy atom. The quantitative estimate of drug-likeness (QED) is 0.798. The summed E-state index contributed by atoms with van der Waals surface area (Å²) in [6.07, 6.45) is 2.21. The van der Waals surface area contributed by atoms with E-state index in [1.807, 2.05) is 26.0 Å². The van der Waals surface area contributed by atoms with E-state index in [0.29, 0.717) is 31.1 Å². The smallest absolute Gasteiger partial charge is 0.310 e. The van der Waals surface area contributed by atoms with E-state index in [9.17, 15) is 9.59 Å². The molecule has 1 fully saturated rings. The van der Waals surface area contributed by atoms with Gasteiger partial charge in [0.15, 0.2) is 0 Å². The van der Waals surface area contributed by atoms with Crippen LogP contribution in [0.2, 0.25) is 5.02 Å². The van der Waals surface area contributed by atoms with E-state index in [0.717, 1.165) is 30.6 Å². The maximum atomic E-state index is 12.2. The number of carbonyl (C=O) groups is 2. The van der Waals surface area contributed by atoms with Crippen molar-refractivity contribution in [1.82, 2.24) is 4.90 Å². The highest BCUT2D eigenvalue weighted by molar-refractivity contribution is 6.31. The first-order valence-corrected chi connectivity index (χ1v) is 8.83. The summed E-state index contributed by atoms with van der Waals surface area (Å²) in [7, 11) is 0. The Bertz CT molecular complexity index is 592. The number of esters is 1. The molecule has 0 unspecified atom stereocenters. The molecule has 2 rings (SSSR count). The molecule has 0 aromatic heterocycles. The van der Waals surface area contributed by atoms with E-state index in [1.54, 1.807) is 6.07 Å². The monoisotopic (exact) mass is 352 g/mol.